The van der Waals surface area contributed by atoms with E-state index in [0.717, 1.165) is 42.3 Å². The standard InChI is InChI=1S/C24H28N2O4/c1-28-20-10-17(11-21(12-20)29-19-8-9-25-13-19)22-14-26-24(27)23(22)30-18-6-4-16(5-7-18)15-2-3-15/h4-7,10-12,15,19,22-23,25H,2-3,8-9,13-14H2,1H3,(H,26,27)/t19?,22?,23-/m0/s1. The van der Waals surface area contributed by atoms with Crippen molar-refractivity contribution in [2.45, 2.75) is 43.3 Å². The third-order valence-corrected chi connectivity index (χ3v) is 6.20. The Kier molecular flexibility index (Phi) is 5.25. The average Bonchev–Trinajstić information content (AvgIpc) is 3.38. The summed E-state index contributed by atoms with van der Waals surface area (Å²) in [6.07, 6.45) is 3.10. The minimum atomic E-state index is -0.579. The Morgan fingerprint density at radius 3 is 2.37 bits per heavy atom. The summed E-state index contributed by atoms with van der Waals surface area (Å²) in [6, 6.07) is 14.1. The quantitative estimate of drug-likeness (QED) is 0.737. The molecule has 0 aromatic heterocycles. The van der Waals surface area contributed by atoms with Crippen LogP contribution in [0.5, 0.6) is 17.2 Å². The van der Waals surface area contributed by atoms with Crippen LogP contribution < -0.4 is 24.8 Å². The first-order valence-electron chi connectivity index (χ1n) is 10.8. The summed E-state index contributed by atoms with van der Waals surface area (Å²) in [4.78, 5) is 12.6. The molecule has 158 valence electrons. The topological polar surface area (TPSA) is 68.8 Å². The van der Waals surface area contributed by atoms with Gasteiger partial charge in [-0.15, -0.1) is 0 Å². The van der Waals surface area contributed by atoms with Gasteiger partial charge in [-0.2, -0.15) is 0 Å². The molecule has 2 aromatic rings. The molecule has 3 atom stereocenters. The van der Waals surface area contributed by atoms with Crippen molar-refractivity contribution in [2.24, 2.45) is 0 Å². The molecule has 0 spiro atoms. The van der Waals surface area contributed by atoms with Crippen LogP contribution in [0.15, 0.2) is 42.5 Å². The molecule has 0 radical (unpaired) electrons. The lowest BCUT2D eigenvalue weighted by molar-refractivity contribution is -0.125. The lowest BCUT2D eigenvalue weighted by Gasteiger charge is -2.21. The average molecular weight is 408 g/mol. The summed E-state index contributed by atoms with van der Waals surface area (Å²) >= 11 is 0. The molecule has 3 aliphatic rings. The smallest absolute Gasteiger partial charge is 0.261 e. The zero-order chi connectivity index (χ0) is 20.5. The molecule has 3 fully saturated rings. The third-order valence-electron chi connectivity index (χ3n) is 6.20. The lowest BCUT2D eigenvalue weighted by Crippen LogP contribution is -2.30. The number of benzene rings is 2. The Bertz CT molecular complexity index is 904. The van der Waals surface area contributed by atoms with E-state index in [2.05, 4.69) is 22.8 Å². The van der Waals surface area contributed by atoms with E-state index in [4.69, 9.17) is 14.2 Å². The van der Waals surface area contributed by atoms with Crippen molar-refractivity contribution in [3.05, 3.63) is 53.6 Å². The predicted octanol–water partition coefficient (Wildman–Crippen LogP) is 2.97. The van der Waals surface area contributed by atoms with Gasteiger partial charge in [-0.1, -0.05) is 12.1 Å². The van der Waals surface area contributed by atoms with Crippen molar-refractivity contribution in [2.75, 3.05) is 26.7 Å². The van der Waals surface area contributed by atoms with Gasteiger partial charge in [0.05, 0.1) is 7.11 Å². The highest BCUT2D eigenvalue weighted by molar-refractivity contribution is 5.85. The molecule has 0 bridgehead atoms. The van der Waals surface area contributed by atoms with E-state index in [1.54, 1.807) is 7.11 Å². The maximum absolute atomic E-state index is 12.6. The molecule has 2 aliphatic heterocycles. The molecule has 2 saturated heterocycles. The van der Waals surface area contributed by atoms with E-state index in [0.29, 0.717) is 12.5 Å². The lowest BCUT2D eigenvalue weighted by atomic mass is 9.95. The first-order valence-corrected chi connectivity index (χ1v) is 10.8. The van der Waals surface area contributed by atoms with Crippen LogP contribution in [0.3, 0.4) is 0 Å². The number of methoxy groups -OCH3 is 1. The molecule has 2 N–H and O–H groups in total. The van der Waals surface area contributed by atoms with E-state index < -0.39 is 6.10 Å². The molecule has 1 saturated carbocycles. The Hall–Kier alpha value is -2.73. The van der Waals surface area contributed by atoms with E-state index in [9.17, 15) is 4.79 Å². The minimum Gasteiger partial charge on any atom is -0.497 e. The van der Waals surface area contributed by atoms with Gasteiger partial charge in [0.1, 0.15) is 23.4 Å². The molecule has 2 unspecified atom stereocenters. The van der Waals surface area contributed by atoms with Crippen molar-refractivity contribution in [3.63, 3.8) is 0 Å². The zero-order valence-corrected chi connectivity index (χ0v) is 17.2. The number of hydrogen-bond donors (Lipinski definition) is 2. The highest BCUT2D eigenvalue weighted by atomic mass is 16.5. The number of hydrogen-bond acceptors (Lipinski definition) is 5. The van der Waals surface area contributed by atoms with E-state index in [-0.39, 0.29) is 17.9 Å². The Labute approximate surface area is 176 Å². The van der Waals surface area contributed by atoms with Crippen LogP contribution in [-0.2, 0) is 4.79 Å². The summed E-state index contributed by atoms with van der Waals surface area (Å²) in [6.45, 7) is 2.35. The van der Waals surface area contributed by atoms with Gasteiger partial charge >= 0.3 is 0 Å². The summed E-state index contributed by atoms with van der Waals surface area (Å²) in [5.74, 6) is 2.72. The molecule has 2 aromatic carbocycles. The summed E-state index contributed by atoms with van der Waals surface area (Å²) in [7, 11) is 1.65. The van der Waals surface area contributed by atoms with Crippen molar-refractivity contribution in [1.82, 2.24) is 10.6 Å². The molecule has 6 heteroatoms. The Morgan fingerprint density at radius 2 is 1.67 bits per heavy atom. The maximum Gasteiger partial charge on any atom is 0.261 e. The van der Waals surface area contributed by atoms with Crippen LogP contribution in [0.2, 0.25) is 0 Å². The number of ether oxygens (including phenoxy) is 3. The van der Waals surface area contributed by atoms with Crippen LogP contribution >= 0.6 is 0 Å². The normalized spacial score (nSPS) is 25.8. The maximum atomic E-state index is 12.6. The minimum absolute atomic E-state index is 0.0865. The molecule has 1 aliphatic carbocycles. The molecule has 5 rings (SSSR count). The summed E-state index contributed by atoms with van der Waals surface area (Å²) in [5, 5.41) is 6.27. The molecule has 2 heterocycles. The fourth-order valence-electron chi connectivity index (χ4n) is 4.33. The molecule has 6 nitrogen and oxygen atoms in total. The van der Waals surface area contributed by atoms with Crippen LogP contribution in [0, 0.1) is 0 Å². The largest absolute Gasteiger partial charge is 0.497 e. The first kappa shape index (κ1) is 19.2. The second kappa shape index (κ2) is 8.19. The molecular weight excluding hydrogens is 380 g/mol. The fourth-order valence-corrected chi connectivity index (χ4v) is 4.33. The van der Waals surface area contributed by atoms with E-state index in [1.807, 2.05) is 30.3 Å². The summed E-state index contributed by atoms with van der Waals surface area (Å²) in [5.41, 5.74) is 2.33. The molecular formula is C24H28N2O4. The van der Waals surface area contributed by atoms with Crippen molar-refractivity contribution in [3.8, 4) is 17.2 Å². The van der Waals surface area contributed by atoms with Gasteiger partial charge in [-0.05, 0) is 67.1 Å². The van der Waals surface area contributed by atoms with Crippen LogP contribution in [-0.4, -0.2) is 44.9 Å². The second-order valence-corrected chi connectivity index (χ2v) is 8.41. The van der Waals surface area contributed by atoms with Gasteiger partial charge in [0.25, 0.3) is 5.91 Å². The van der Waals surface area contributed by atoms with Gasteiger partial charge in [0.15, 0.2) is 6.10 Å². The number of carbonyl (C=O) groups is 1. The van der Waals surface area contributed by atoms with Crippen molar-refractivity contribution >= 4 is 5.91 Å². The van der Waals surface area contributed by atoms with E-state index >= 15 is 0 Å². The zero-order valence-electron chi connectivity index (χ0n) is 17.2. The van der Waals surface area contributed by atoms with Crippen molar-refractivity contribution in [1.29, 1.82) is 0 Å². The second-order valence-electron chi connectivity index (χ2n) is 8.41. The number of rotatable bonds is 7. The van der Waals surface area contributed by atoms with Crippen molar-refractivity contribution < 1.29 is 19.0 Å². The Morgan fingerprint density at radius 1 is 0.867 bits per heavy atom. The first-order chi connectivity index (χ1) is 14.7. The number of amides is 1. The number of nitrogens with one attached hydrogen (secondary N) is 2. The summed E-state index contributed by atoms with van der Waals surface area (Å²) < 4.78 is 17.8. The number of carbonyl (C=O) groups excluding carboxylic acids is 1. The highest BCUT2D eigenvalue weighted by Crippen LogP contribution is 2.40. The SMILES string of the molecule is COc1cc(OC2CCNC2)cc(C2CNC(=O)[C@H]2Oc2ccc(C3CC3)cc2)c1. The van der Waals surface area contributed by atoms with Gasteiger partial charge in [-0.25, -0.2) is 0 Å². The highest BCUT2D eigenvalue weighted by Gasteiger charge is 2.38. The Balaban J connectivity index is 1.36. The van der Waals surface area contributed by atoms with Crippen LogP contribution in [0.25, 0.3) is 0 Å². The fraction of sp³-hybridized carbons (Fsp3) is 0.458. The van der Waals surface area contributed by atoms with Gasteiger partial charge < -0.3 is 24.8 Å². The third kappa shape index (κ3) is 4.10. The van der Waals surface area contributed by atoms with E-state index in [1.165, 1.54) is 18.4 Å². The molecule has 1 amide bonds. The van der Waals surface area contributed by atoms with Crippen LogP contribution in [0.4, 0.5) is 0 Å². The van der Waals surface area contributed by atoms with Crippen LogP contribution in [0.1, 0.15) is 42.2 Å². The monoisotopic (exact) mass is 408 g/mol. The predicted molar refractivity (Wildman–Crippen MR) is 113 cm³/mol. The molecule has 30 heavy (non-hydrogen) atoms. The van der Waals surface area contributed by atoms with Gasteiger partial charge in [0, 0.05) is 25.1 Å². The van der Waals surface area contributed by atoms with Gasteiger partial charge in [-0.3, -0.25) is 4.79 Å². The van der Waals surface area contributed by atoms with Gasteiger partial charge in [0.2, 0.25) is 0 Å².